The minimum Gasteiger partial charge on any atom is -0.480 e. The van der Waals surface area contributed by atoms with Crippen molar-refractivity contribution in [3.8, 4) is 11.5 Å². The fourth-order valence-corrected chi connectivity index (χ4v) is 1.81. The third-order valence-corrected chi connectivity index (χ3v) is 2.96. The molecular weight excluding hydrogens is 276 g/mol. The fourth-order valence-electron chi connectivity index (χ4n) is 1.81. The predicted octanol–water partition coefficient (Wildman–Crippen LogP) is 2.31. The molecule has 0 saturated heterocycles. The maximum atomic E-state index is 12.0. The molecule has 2 aromatic rings. The summed E-state index contributed by atoms with van der Waals surface area (Å²) in [4.78, 5) is 23.1. The summed E-state index contributed by atoms with van der Waals surface area (Å²) in [7, 11) is 0. The first-order valence-electron chi connectivity index (χ1n) is 6.66. The summed E-state index contributed by atoms with van der Waals surface area (Å²) in [5.74, 6) is -0.889. The van der Waals surface area contributed by atoms with Gasteiger partial charge in [-0.3, -0.25) is 4.79 Å². The van der Waals surface area contributed by atoms with Crippen LogP contribution in [0, 0.1) is 0 Å². The van der Waals surface area contributed by atoms with Gasteiger partial charge in [-0.25, -0.2) is 4.79 Å². The van der Waals surface area contributed by atoms with Crippen LogP contribution < -0.4 is 5.32 Å². The molecular formula is C14H16N2O5. The van der Waals surface area contributed by atoms with Crippen molar-refractivity contribution >= 4 is 11.9 Å². The second-order valence-corrected chi connectivity index (χ2v) is 4.56. The van der Waals surface area contributed by atoms with Crippen LogP contribution in [0.25, 0.3) is 11.5 Å². The van der Waals surface area contributed by atoms with Gasteiger partial charge >= 0.3 is 5.97 Å². The van der Waals surface area contributed by atoms with Crippen molar-refractivity contribution in [2.75, 3.05) is 0 Å². The van der Waals surface area contributed by atoms with Crippen molar-refractivity contribution in [1.82, 2.24) is 10.5 Å². The molecule has 0 spiro atoms. The fraction of sp³-hybridized carbons (Fsp3) is 0.357. The molecule has 0 aliphatic heterocycles. The van der Waals surface area contributed by atoms with Gasteiger partial charge in [0.05, 0.1) is 6.26 Å². The Hall–Kier alpha value is -2.57. The normalized spacial score (nSPS) is 12.0. The number of aliphatic carboxylic acids is 1. The van der Waals surface area contributed by atoms with E-state index in [1.165, 1.54) is 12.3 Å². The number of carboxylic acid groups (broad SMARTS) is 1. The number of hydrogen-bond acceptors (Lipinski definition) is 5. The van der Waals surface area contributed by atoms with Gasteiger partial charge in [-0.2, -0.15) is 0 Å². The topological polar surface area (TPSA) is 106 Å². The summed E-state index contributed by atoms with van der Waals surface area (Å²) in [5, 5.41) is 15.1. The molecule has 21 heavy (non-hydrogen) atoms. The van der Waals surface area contributed by atoms with Gasteiger partial charge in [0.25, 0.3) is 5.91 Å². The number of nitrogens with one attached hydrogen (secondary N) is 1. The molecule has 0 unspecified atom stereocenters. The molecule has 0 aliphatic rings. The number of nitrogens with zero attached hydrogens (tertiary/aromatic N) is 1. The SMILES string of the molecule is CCCC[C@H](NC(=O)c1cc(-c2ccco2)on1)C(=O)O. The average molecular weight is 292 g/mol. The number of unbranched alkanes of at least 4 members (excludes halogenated alkanes) is 1. The molecule has 7 heteroatoms. The minimum atomic E-state index is -1.06. The second kappa shape index (κ2) is 6.74. The number of carbonyl (C=O) groups is 2. The van der Waals surface area contributed by atoms with E-state index >= 15 is 0 Å². The highest BCUT2D eigenvalue weighted by Gasteiger charge is 2.22. The third kappa shape index (κ3) is 3.71. The van der Waals surface area contributed by atoms with Crippen LogP contribution >= 0.6 is 0 Å². The molecule has 1 atom stereocenters. The van der Waals surface area contributed by atoms with E-state index in [1.54, 1.807) is 12.1 Å². The van der Waals surface area contributed by atoms with Crippen LogP contribution in [-0.4, -0.2) is 28.2 Å². The highest BCUT2D eigenvalue weighted by Crippen LogP contribution is 2.20. The van der Waals surface area contributed by atoms with Crippen LogP contribution in [-0.2, 0) is 4.79 Å². The maximum absolute atomic E-state index is 12.0. The van der Waals surface area contributed by atoms with Crippen molar-refractivity contribution in [3.05, 3.63) is 30.2 Å². The molecule has 0 radical (unpaired) electrons. The number of furan rings is 1. The molecule has 112 valence electrons. The van der Waals surface area contributed by atoms with Gasteiger partial charge < -0.3 is 19.4 Å². The Labute approximate surface area is 120 Å². The molecule has 7 nitrogen and oxygen atoms in total. The molecule has 2 N–H and O–H groups in total. The van der Waals surface area contributed by atoms with Crippen molar-refractivity contribution in [2.24, 2.45) is 0 Å². The molecule has 1 amide bonds. The highest BCUT2D eigenvalue weighted by molar-refractivity contribution is 5.95. The molecule has 0 fully saturated rings. The van der Waals surface area contributed by atoms with Crippen LogP contribution in [0.15, 0.2) is 33.4 Å². The Bertz CT molecular complexity index is 603. The Morgan fingerprint density at radius 1 is 1.43 bits per heavy atom. The first-order valence-corrected chi connectivity index (χ1v) is 6.66. The van der Waals surface area contributed by atoms with E-state index in [9.17, 15) is 9.59 Å². The van der Waals surface area contributed by atoms with Crippen LogP contribution in [0.3, 0.4) is 0 Å². The number of carbonyl (C=O) groups excluding carboxylic acids is 1. The van der Waals surface area contributed by atoms with E-state index < -0.39 is 17.9 Å². The van der Waals surface area contributed by atoms with E-state index in [4.69, 9.17) is 14.0 Å². The number of carboxylic acids is 1. The Kier molecular flexibility index (Phi) is 4.76. The van der Waals surface area contributed by atoms with Crippen LogP contribution in [0.1, 0.15) is 36.7 Å². The summed E-state index contributed by atoms with van der Waals surface area (Å²) < 4.78 is 10.1. The zero-order valence-corrected chi connectivity index (χ0v) is 11.5. The first kappa shape index (κ1) is 14.8. The molecule has 0 aromatic carbocycles. The van der Waals surface area contributed by atoms with Gasteiger partial charge in [0.1, 0.15) is 6.04 Å². The number of amides is 1. The summed E-state index contributed by atoms with van der Waals surface area (Å²) >= 11 is 0. The number of rotatable bonds is 7. The van der Waals surface area contributed by atoms with Crippen molar-refractivity contribution in [2.45, 2.75) is 32.2 Å². The lowest BCUT2D eigenvalue weighted by atomic mass is 10.1. The Morgan fingerprint density at radius 2 is 2.24 bits per heavy atom. The predicted molar refractivity (Wildman–Crippen MR) is 72.6 cm³/mol. The molecule has 2 aromatic heterocycles. The van der Waals surface area contributed by atoms with Gasteiger partial charge in [-0.15, -0.1) is 0 Å². The summed E-state index contributed by atoms with van der Waals surface area (Å²) in [6.45, 7) is 1.95. The number of aromatic nitrogens is 1. The van der Waals surface area contributed by atoms with Crippen LogP contribution in [0.4, 0.5) is 0 Å². The van der Waals surface area contributed by atoms with Crippen LogP contribution in [0.2, 0.25) is 0 Å². The smallest absolute Gasteiger partial charge is 0.326 e. The highest BCUT2D eigenvalue weighted by atomic mass is 16.5. The lowest BCUT2D eigenvalue weighted by Crippen LogP contribution is -2.40. The van der Waals surface area contributed by atoms with Crippen molar-refractivity contribution in [3.63, 3.8) is 0 Å². The van der Waals surface area contributed by atoms with Crippen LogP contribution in [0.5, 0.6) is 0 Å². The van der Waals surface area contributed by atoms with Crippen molar-refractivity contribution < 1.29 is 23.6 Å². The van der Waals surface area contributed by atoms with Gasteiger partial charge in [-0.05, 0) is 18.6 Å². The molecule has 0 aliphatic carbocycles. The van der Waals surface area contributed by atoms with E-state index in [0.29, 0.717) is 24.4 Å². The first-order chi connectivity index (χ1) is 10.1. The van der Waals surface area contributed by atoms with Gasteiger partial charge in [0.15, 0.2) is 11.5 Å². The summed E-state index contributed by atoms with van der Waals surface area (Å²) in [6, 6.07) is 3.83. The second-order valence-electron chi connectivity index (χ2n) is 4.56. The Balaban J connectivity index is 2.04. The van der Waals surface area contributed by atoms with Gasteiger partial charge in [0.2, 0.25) is 5.76 Å². The maximum Gasteiger partial charge on any atom is 0.326 e. The lowest BCUT2D eigenvalue weighted by Gasteiger charge is -2.12. The zero-order chi connectivity index (χ0) is 15.2. The lowest BCUT2D eigenvalue weighted by molar-refractivity contribution is -0.139. The van der Waals surface area contributed by atoms with E-state index in [1.807, 2.05) is 6.92 Å². The van der Waals surface area contributed by atoms with Crippen molar-refractivity contribution in [1.29, 1.82) is 0 Å². The van der Waals surface area contributed by atoms with Gasteiger partial charge in [-0.1, -0.05) is 24.9 Å². The van der Waals surface area contributed by atoms with Gasteiger partial charge in [0, 0.05) is 6.07 Å². The van der Waals surface area contributed by atoms with E-state index in [0.717, 1.165) is 6.42 Å². The third-order valence-electron chi connectivity index (χ3n) is 2.96. The Morgan fingerprint density at radius 3 is 2.86 bits per heavy atom. The molecule has 0 saturated carbocycles. The minimum absolute atomic E-state index is 0.0177. The summed E-state index contributed by atoms with van der Waals surface area (Å²) in [6.07, 6.45) is 3.42. The molecule has 0 bridgehead atoms. The zero-order valence-electron chi connectivity index (χ0n) is 11.5. The van der Waals surface area contributed by atoms with E-state index in [-0.39, 0.29) is 5.69 Å². The standard InChI is InChI=1S/C14H16N2O5/c1-2-3-5-9(14(18)19)15-13(17)10-8-12(21-16-10)11-6-4-7-20-11/h4,6-9H,2-3,5H2,1H3,(H,15,17)(H,18,19)/t9-/m0/s1. The summed E-state index contributed by atoms with van der Waals surface area (Å²) in [5.41, 5.74) is 0.0177. The quantitative estimate of drug-likeness (QED) is 0.811. The molecule has 2 heterocycles. The molecule has 2 rings (SSSR count). The largest absolute Gasteiger partial charge is 0.480 e. The number of hydrogen-bond donors (Lipinski definition) is 2. The van der Waals surface area contributed by atoms with E-state index in [2.05, 4.69) is 10.5 Å². The monoisotopic (exact) mass is 292 g/mol. The average Bonchev–Trinajstić information content (AvgIpc) is 3.12.